The maximum absolute atomic E-state index is 3.48. The number of allylic oxidation sites excluding steroid dienone is 2. The van der Waals surface area contributed by atoms with Crippen molar-refractivity contribution in [3.63, 3.8) is 0 Å². The molecule has 0 fully saturated rings. The Morgan fingerprint density at radius 1 is 1.20 bits per heavy atom. The molecule has 0 atom stereocenters. The van der Waals surface area contributed by atoms with E-state index in [9.17, 15) is 0 Å². The van der Waals surface area contributed by atoms with Gasteiger partial charge in [0.25, 0.3) is 0 Å². The minimum absolute atomic E-state index is 0.917. The van der Waals surface area contributed by atoms with Crippen molar-refractivity contribution in [1.29, 1.82) is 0 Å². The zero-order chi connectivity index (χ0) is 4.12. The molecule has 0 aromatic rings. The van der Waals surface area contributed by atoms with Crippen LogP contribution >= 0.6 is 0 Å². The predicted octanol–water partition coefficient (Wildman–Crippen LogP) is 1.75. The lowest BCUT2D eigenvalue weighted by Gasteiger charge is -1.64. The minimum atomic E-state index is 0.917. The molecule has 0 bridgehead atoms. The molecule has 28 valence electrons. The zero-order valence-electron chi connectivity index (χ0n) is 3.28. The van der Waals surface area contributed by atoms with Crippen molar-refractivity contribution in [3.05, 3.63) is 25.3 Å². The van der Waals surface area contributed by atoms with E-state index in [2.05, 4.69) is 13.2 Å². The van der Waals surface area contributed by atoms with Crippen LogP contribution in [0.1, 0.15) is 6.42 Å². The maximum atomic E-state index is 3.48. The monoisotopic (exact) mass is 60.1 g/mol. The van der Waals surface area contributed by atoms with Crippen LogP contribution in [-0.4, -0.2) is 0 Å². The van der Waals surface area contributed by atoms with E-state index in [0.717, 1.165) is 6.42 Å². The van der Waals surface area contributed by atoms with Crippen LogP contribution in [0.5, 0.6) is 0 Å². The third kappa shape index (κ3) is 3.48. The first-order valence-corrected chi connectivity index (χ1v) is 1.63. The second-order valence-electron chi connectivity index (χ2n) is 0.813. The summed E-state index contributed by atoms with van der Waals surface area (Å²) in [5.74, 6) is 0. The molecule has 0 saturated heterocycles. The van der Waals surface area contributed by atoms with Gasteiger partial charge in [-0.1, -0.05) is 12.2 Å². The van der Waals surface area contributed by atoms with Gasteiger partial charge in [0.15, 0.2) is 0 Å². The summed E-state index contributed by atoms with van der Waals surface area (Å²) in [5, 5.41) is 0. The van der Waals surface area contributed by atoms with Crippen molar-refractivity contribution in [1.82, 2.24) is 0 Å². The van der Waals surface area contributed by atoms with Crippen LogP contribution in [-0.2, 0) is 0 Å². The standard InChI is InChI=1S/C5H8/c1-3-5-4-2/h3-4H,1-2,5H2/i5-8. The minimum Gasteiger partial charge on any atom is -0.103 e. The average molecular weight is 60.1 g/mol. The third-order valence-corrected chi connectivity index (χ3v) is 0.333. The molecule has 0 amide bonds. The van der Waals surface area contributed by atoms with Gasteiger partial charge in [0, 0.05) is 0 Å². The topological polar surface area (TPSA) is 0 Å². The Morgan fingerprint density at radius 2 is 1.60 bits per heavy atom. The molecule has 5 heavy (non-hydrogen) atoms. The Hall–Kier alpha value is -0.520. The number of hydrogen-bond donors (Lipinski definition) is 0. The molecule has 0 spiro atoms. The van der Waals surface area contributed by atoms with Gasteiger partial charge < -0.3 is 0 Å². The lowest BCUT2D eigenvalue weighted by molar-refractivity contribution is 1.42. The third-order valence-electron chi connectivity index (χ3n) is 0.333. The predicted molar refractivity (Wildman–Crippen MR) is 25.0 cm³/mol. The van der Waals surface area contributed by atoms with Crippen LogP contribution in [0.3, 0.4) is 0 Å². The highest BCUT2D eigenvalue weighted by atomic mass is 12.8. The summed E-state index contributed by atoms with van der Waals surface area (Å²) >= 11 is 0. The van der Waals surface area contributed by atoms with Gasteiger partial charge in [0.2, 0.25) is 0 Å². The Labute approximate surface area is 32.8 Å². The van der Waals surface area contributed by atoms with Gasteiger partial charge in [0.05, 0.1) is 0 Å². The van der Waals surface area contributed by atoms with Crippen molar-refractivity contribution in [2.45, 2.75) is 6.42 Å². The molecule has 0 N–H and O–H groups in total. The number of rotatable bonds is 2. The molecule has 0 aromatic carbocycles. The summed E-state index contributed by atoms with van der Waals surface area (Å²) in [5.41, 5.74) is 0. The summed E-state index contributed by atoms with van der Waals surface area (Å²) in [6, 6.07) is 0. The Bertz CT molecular complexity index is 29.3. The van der Waals surface area contributed by atoms with E-state index in [1.165, 1.54) is 0 Å². The molecule has 0 heterocycles. The fourth-order valence-corrected chi connectivity index (χ4v) is 0.118. The van der Waals surface area contributed by atoms with Gasteiger partial charge >= 0.3 is 0 Å². The van der Waals surface area contributed by atoms with E-state index in [-0.39, 0.29) is 0 Å². The van der Waals surface area contributed by atoms with E-state index >= 15 is 0 Å². The highest BCUT2D eigenvalue weighted by Gasteiger charge is 1.52. The lowest BCUT2D eigenvalue weighted by Crippen LogP contribution is -1.43. The molecule has 0 saturated carbocycles. The van der Waals surface area contributed by atoms with Crippen molar-refractivity contribution in [2.24, 2.45) is 0 Å². The van der Waals surface area contributed by atoms with Gasteiger partial charge in [-0.15, -0.1) is 13.2 Å². The van der Waals surface area contributed by atoms with Crippen LogP contribution < -0.4 is 0 Å². The Kier molecular flexibility index (Phi) is 3.12. The van der Waals surface area contributed by atoms with Crippen molar-refractivity contribution in [3.8, 4) is 0 Å². The maximum Gasteiger partial charge on any atom is -0.0175 e. The molecule has 0 aromatic heterocycles. The summed E-state index contributed by atoms with van der Waals surface area (Å²) in [7, 11) is 0. The van der Waals surface area contributed by atoms with E-state index < -0.39 is 0 Å². The van der Waals surface area contributed by atoms with Crippen LogP contribution in [0.25, 0.3) is 0 Å². The molecule has 0 nitrogen and oxygen atoms in total. The van der Waals surface area contributed by atoms with Crippen molar-refractivity contribution < 1.29 is 0 Å². The normalized spacial score (nSPS) is 6.40. The fourth-order valence-electron chi connectivity index (χ4n) is 0.118. The van der Waals surface area contributed by atoms with Crippen molar-refractivity contribution in [2.75, 3.05) is 0 Å². The molecular weight excluding hydrogens is 52.0 g/mol. The van der Waals surface area contributed by atoms with Crippen LogP contribution in [0.2, 0.25) is 0 Å². The summed E-state index contributed by atoms with van der Waals surface area (Å²) in [4.78, 5) is 0. The van der Waals surface area contributed by atoms with Crippen molar-refractivity contribution >= 4 is 0 Å². The van der Waals surface area contributed by atoms with Crippen LogP contribution in [0.4, 0.5) is 0 Å². The first-order chi connectivity index (χ1) is 2.41. The van der Waals surface area contributed by atoms with Gasteiger partial charge in [-0.2, -0.15) is 0 Å². The van der Waals surface area contributed by atoms with Gasteiger partial charge in [-0.3, -0.25) is 0 Å². The second-order valence-corrected chi connectivity index (χ2v) is 0.813. The average Bonchev–Trinajstić information content (AvgIpc) is 1.41. The first kappa shape index (κ1) is 4.48. The van der Waals surface area contributed by atoms with Crippen LogP contribution in [0.15, 0.2) is 25.3 Å². The first-order valence-electron chi connectivity index (χ1n) is 1.63. The van der Waals surface area contributed by atoms with E-state index in [1.807, 2.05) is 12.2 Å². The highest BCUT2D eigenvalue weighted by Crippen LogP contribution is 1.73. The van der Waals surface area contributed by atoms with Crippen LogP contribution in [0, 0.1) is 0 Å². The molecule has 0 rings (SSSR count). The summed E-state index contributed by atoms with van der Waals surface area (Å²) < 4.78 is 0. The number of hydrogen-bond acceptors (Lipinski definition) is 0. The van der Waals surface area contributed by atoms with Gasteiger partial charge in [0.1, 0.15) is 0 Å². The molecular formula is C5H8. The molecule has 0 aliphatic heterocycles. The quantitative estimate of drug-likeness (QED) is 0.426. The zero-order valence-corrected chi connectivity index (χ0v) is 3.28. The van der Waals surface area contributed by atoms with E-state index in [4.69, 9.17) is 0 Å². The summed E-state index contributed by atoms with van der Waals surface area (Å²) in [6.07, 6.45) is 4.54. The Balaban J connectivity index is 2.65. The van der Waals surface area contributed by atoms with E-state index in [0.29, 0.717) is 0 Å². The molecule has 0 aliphatic rings. The molecule has 0 heteroatoms. The van der Waals surface area contributed by atoms with Gasteiger partial charge in [-0.25, -0.2) is 0 Å². The fraction of sp³-hybridized carbons (Fsp3) is 0.200. The molecule has 0 aliphatic carbocycles. The Morgan fingerprint density at radius 3 is 1.60 bits per heavy atom. The molecule has 0 radical (unpaired) electrons. The smallest absolute Gasteiger partial charge is 0.0175 e. The SMILES string of the molecule is C=C[4CH2]C=C. The lowest BCUT2D eigenvalue weighted by atomic mass is 3.76. The summed E-state index contributed by atoms with van der Waals surface area (Å²) in [6.45, 7) is 6.96. The molecule has 0 unspecified atom stereocenters. The van der Waals surface area contributed by atoms with E-state index in [1.54, 1.807) is 0 Å². The second kappa shape index (κ2) is 3.48. The highest BCUT2D eigenvalue weighted by molar-refractivity contribution is 4.79. The van der Waals surface area contributed by atoms with Gasteiger partial charge in [-0.05, 0) is 6.42 Å². The largest absolute Gasteiger partial charge is 0.103 e.